The summed E-state index contributed by atoms with van der Waals surface area (Å²) in [5.74, 6) is 4.70. The normalized spacial score (nSPS) is 9.86. The van der Waals surface area contributed by atoms with Crippen LogP contribution in [0, 0.1) is 23.2 Å². The summed E-state index contributed by atoms with van der Waals surface area (Å²) in [5.41, 5.74) is 9.45. The van der Waals surface area contributed by atoms with E-state index in [-0.39, 0.29) is 31.3 Å². The first-order chi connectivity index (χ1) is 17.7. The largest absolute Gasteiger partial charge is 0.379 e. The maximum absolute atomic E-state index is 12.0. The van der Waals surface area contributed by atoms with Gasteiger partial charge in [0.2, 0.25) is 11.8 Å². The van der Waals surface area contributed by atoms with Crippen molar-refractivity contribution in [2.45, 2.75) is 19.3 Å². The van der Waals surface area contributed by atoms with Crippen LogP contribution in [0.25, 0.3) is 10.4 Å². The smallest absolute Gasteiger partial charge is 0.224 e. The Morgan fingerprint density at radius 2 is 1.50 bits per heavy atom. The molecule has 0 spiro atoms. The molecule has 0 aliphatic heterocycles. The minimum absolute atomic E-state index is 0.138. The molecule has 12 heteroatoms. The molecule has 2 amide bonds. The lowest BCUT2D eigenvalue weighted by Gasteiger charge is -2.08. The van der Waals surface area contributed by atoms with E-state index < -0.39 is 0 Å². The predicted molar refractivity (Wildman–Crippen MR) is 132 cm³/mol. The first-order valence-electron chi connectivity index (χ1n) is 11.5. The van der Waals surface area contributed by atoms with E-state index in [1.165, 1.54) is 0 Å². The van der Waals surface area contributed by atoms with Crippen molar-refractivity contribution in [3.8, 4) is 17.9 Å². The summed E-state index contributed by atoms with van der Waals surface area (Å²) in [4.78, 5) is 26.4. The SMILES string of the molecule is N#CC#Cc1ccc(NC(=O)CCCNC(=O)CCOCCOCCOCCOCCN=[N+]=[N-])cc1. The number of rotatable bonds is 20. The summed E-state index contributed by atoms with van der Waals surface area (Å²) in [6.07, 6.45) is 1.02. The van der Waals surface area contributed by atoms with Crippen molar-refractivity contribution in [2.75, 3.05) is 71.3 Å². The number of anilines is 1. The average molecular weight is 501 g/mol. The fourth-order valence-corrected chi connectivity index (χ4v) is 2.60. The molecular weight excluding hydrogens is 468 g/mol. The number of benzene rings is 1. The molecule has 0 aliphatic rings. The summed E-state index contributed by atoms with van der Waals surface area (Å²) in [6, 6.07) is 8.63. The Bertz CT molecular complexity index is 916. The van der Waals surface area contributed by atoms with Gasteiger partial charge in [-0.25, -0.2) is 0 Å². The Morgan fingerprint density at radius 3 is 2.11 bits per heavy atom. The van der Waals surface area contributed by atoms with E-state index in [0.717, 1.165) is 0 Å². The van der Waals surface area contributed by atoms with Gasteiger partial charge in [-0.2, -0.15) is 5.26 Å². The molecule has 2 N–H and O–H groups in total. The Kier molecular flexibility index (Phi) is 18.5. The van der Waals surface area contributed by atoms with Gasteiger partial charge in [-0.15, -0.1) is 0 Å². The van der Waals surface area contributed by atoms with Gasteiger partial charge in [-0.05, 0) is 36.2 Å². The lowest BCUT2D eigenvalue weighted by molar-refractivity contribution is -0.122. The van der Waals surface area contributed by atoms with Crippen molar-refractivity contribution in [3.63, 3.8) is 0 Å². The molecule has 1 rings (SSSR count). The number of carbonyl (C=O) groups is 2. The zero-order chi connectivity index (χ0) is 26.1. The van der Waals surface area contributed by atoms with Crippen LogP contribution in [0.2, 0.25) is 0 Å². The maximum Gasteiger partial charge on any atom is 0.224 e. The van der Waals surface area contributed by atoms with E-state index in [4.69, 9.17) is 29.7 Å². The van der Waals surface area contributed by atoms with E-state index in [2.05, 4.69) is 32.5 Å². The standard InChI is InChI=1S/C24H32N6O6/c25-10-1-3-21-5-7-22(8-6-21)29-24(32)4-2-11-27-23(31)9-13-33-15-17-35-19-20-36-18-16-34-14-12-28-30-26/h5-8H,2,4,9,11-20H2,(H,27,31)(H,29,32). The lowest BCUT2D eigenvalue weighted by atomic mass is 10.2. The van der Waals surface area contributed by atoms with Crippen LogP contribution in [0.3, 0.4) is 0 Å². The summed E-state index contributed by atoms with van der Waals surface area (Å²) in [5, 5.41) is 17.3. The number of nitriles is 1. The van der Waals surface area contributed by atoms with Gasteiger partial charge in [0, 0.05) is 48.0 Å². The number of nitrogens with one attached hydrogen (secondary N) is 2. The van der Waals surface area contributed by atoms with Crippen molar-refractivity contribution in [1.29, 1.82) is 5.26 Å². The summed E-state index contributed by atoms with van der Waals surface area (Å²) < 4.78 is 21.2. The molecule has 0 heterocycles. The van der Waals surface area contributed by atoms with Crippen LogP contribution in [-0.4, -0.2) is 77.8 Å². The highest BCUT2D eigenvalue weighted by atomic mass is 16.6. The molecule has 0 saturated heterocycles. The van der Waals surface area contributed by atoms with Crippen LogP contribution in [0.4, 0.5) is 5.69 Å². The number of nitrogens with zero attached hydrogens (tertiary/aromatic N) is 4. The van der Waals surface area contributed by atoms with Gasteiger partial charge in [0.1, 0.15) is 0 Å². The monoisotopic (exact) mass is 500 g/mol. The van der Waals surface area contributed by atoms with Crippen molar-refractivity contribution in [1.82, 2.24) is 5.32 Å². The molecule has 1 aromatic carbocycles. The van der Waals surface area contributed by atoms with Crippen LogP contribution >= 0.6 is 0 Å². The Morgan fingerprint density at radius 1 is 0.889 bits per heavy atom. The lowest BCUT2D eigenvalue weighted by Crippen LogP contribution is -2.26. The van der Waals surface area contributed by atoms with Crippen LogP contribution < -0.4 is 10.6 Å². The molecule has 0 radical (unpaired) electrons. The third kappa shape index (κ3) is 17.8. The number of hydrogen-bond donors (Lipinski definition) is 2. The number of carbonyl (C=O) groups excluding carboxylic acids is 2. The summed E-state index contributed by atoms with van der Waals surface area (Å²) in [6.45, 7) is 3.87. The number of amides is 2. The molecule has 0 saturated carbocycles. The van der Waals surface area contributed by atoms with Gasteiger partial charge in [0.05, 0.1) is 52.9 Å². The number of ether oxygens (including phenoxy) is 4. The van der Waals surface area contributed by atoms with Crippen LogP contribution in [0.1, 0.15) is 24.8 Å². The third-order valence-electron chi connectivity index (χ3n) is 4.32. The average Bonchev–Trinajstić information content (AvgIpc) is 2.88. The minimum atomic E-state index is -0.149. The zero-order valence-electron chi connectivity index (χ0n) is 20.2. The van der Waals surface area contributed by atoms with Gasteiger partial charge < -0.3 is 29.6 Å². The third-order valence-corrected chi connectivity index (χ3v) is 4.32. The van der Waals surface area contributed by atoms with Gasteiger partial charge in [0.25, 0.3) is 0 Å². The van der Waals surface area contributed by atoms with Gasteiger partial charge in [0.15, 0.2) is 6.07 Å². The van der Waals surface area contributed by atoms with Crippen LogP contribution in [0.15, 0.2) is 29.4 Å². The van der Waals surface area contributed by atoms with Crippen LogP contribution in [-0.2, 0) is 28.5 Å². The molecule has 0 atom stereocenters. The molecule has 36 heavy (non-hydrogen) atoms. The highest BCUT2D eigenvalue weighted by Gasteiger charge is 2.04. The van der Waals surface area contributed by atoms with E-state index in [1.54, 1.807) is 30.3 Å². The second-order valence-corrected chi connectivity index (χ2v) is 7.09. The first kappa shape index (κ1) is 30.4. The van der Waals surface area contributed by atoms with E-state index in [9.17, 15) is 9.59 Å². The molecule has 0 bridgehead atoms. The molecule has 0 aliphatic carbocycles. The maximum atomic E-state index is 12.0. The second kappa shape index (κ2) is 21.9. The van der Waals surface area contributed by atoms with E-state index in [1.807, 2.05) is 0 Å². The van der Waals surface area contributed by atoms with Crippen molar-refractivity contribution in [2.24, 2.45) is 5.11 Å². The Hall–Kier alpha value is -3.64. The van der Waals surface area contributed by atoms with Crippen molar-refractivity contribution in [3.05, 3.63) is 40.3 Å². The fourth-order valence-electron chi connectivity index (χ4n) is 2.60. The predicted octanol–water partition coefficient (Wildman–Crippen LogP) is 2.16. The number of azide groups is 1. The number of hydrogen-bond acceptors (Lipinski definition) is 8. The Balaban J connectivity index is 1.90. The van der Waals surface area contributed by atoms with Gasteiger partial charge >= 0.3 is 0 Å². The Labute approximate surface area is 210 Å². The molecule has 194 valence electrons. The molecule has 1 aromatic rings. The topological polar surface area (TPSA) is 168 Å². The van der Waals surface area contributed by atoms with Crippen molar-refractivity contribution >= 4 is 17.5 Å². The first-order valence-corrected chi connectivity index (χ1v) is 11.5. The van der Waals surface area contributed by atoms with E-state index >= 15 is 0 Å². The highest BCUT2D eigenvalue weighted by Crippen LogP contribution is 2.09. The van der Waals surface area contributed by atoms with Crippen LogP contribution in [0.5, 0.6) is 0 Å². The van der Waals surface area contributed by atoms with Gasteiger partial charge in [-0.3, -0.25) is 9.59 Å². The highest BCUT2D eigenvalue weighted by molar-refractivity contribution is 5.90. The second-order valence-electron chi connectivity index (χ2n) is 7.09. The van der Waals surface area contributed by atoms with E-state index in [0.29, 0.717) is 77.0 Å². The van der Waals surface area contributed by atoms with Gasteiger partial charge in [-0.1, -0.05) is 11.0 Å². The summed E-state index contributed by atoms with van der Waals surface area (Å²) in [7, 11) is 0. The molecule has 0 aromatic heterocycles. The van der Waals surface area contributed by atoms with Crippen molar-refractivity contribution < 1.29 is 28.5 Å². The molecule has 0 fully saturated rings. The molecule has 0 unspecified atom stereocenters. The molecule has 12 nitrogen and oxygen atoms in total. The fraction of sp³-hybridized carbons (Fsp3) is 0.542. The quantitative estimate of drug-likeness (QED) is 0.0909. The summed E-state index contributed by atoms with van der Waals surface area (Å²) >= 11 is 0. The minimum Gasteiger partial charge on any atom is -0.379 e. The zero-order valence-corrected chi connectivity index (χ0v) is 20.2. The molecular formula is C24H32N6O6.